The molecule has 1 aliphatic heterocycles. The Morgan fingerprint density at radius 2 is 1.97 bits per heavy atom. The molecule has 0 radical (unpaired) electrons. The lowest BCUT2D eigenvalue weighted by Gasteiger charge is -2.35. The maximum atomic E-state index is 13.3. The summed E-state index contributed by atoms with van der Waals surface area (Å²) in [6, 6.07) is 8.34. The van der Waals surface area contributed by atoms with Crippen molar-refractivity contribution < 1.29 is 23.8 Å². The van der Waals surface area contributed by atoms with Crippen LogP contribution >= 0.6 is 11.6 Å². The van der Waals surface area contributed by atoms with Crippen LogP contribution in [-0.4, -0.2) is 48.3 Å². The number of phenols is 1. The van der Waals surface area contributed by atoms with Crippen LogP contribution in [0.3, 0.4) is 0 Å². The van der Waals surface area contributed by atoms with Crippen molar-refractivity contribution in [3.63, 3.8) is 0 Å². The molecule has 2 heterocycles. The number of methoxy groups -OCH3 is 1. The number of benzene rings is 2. The van der Waals surface area contributed by atoms with Crippen LogP contribution in [0.1, 0.15) is 35.5 Å². The molecule has 0 unspecified atom stereocenters. The molecule has 3 aromatic rings. The van der Waals surface area contributed by atoms with Crippen LogP contribution in [0.2, 0.25) is 5.02 Å². The number of furan rings is 1. The van der Waals surface area contributed by atoms with Gasteiger partial charge in [0.2, 0.25) is 0 Å². The number of carbonyl (C=O) groups excluding carboxylic acids is 1. The van der Waals surface area contributed by atoms with Crippen LogP contribution in [0.5, 0.6) is 11.5 Å². The first-order chi connectivity index (χ1) is 15.3. The summed E-state index contributed by atoms with van der Waals surface area (Å²) in [6.07, 6.45) is 0.183. The van der Waals surface area contributed by atoms with E-state index in [9.17, 15) is 9.90 Å². The molecule has 1 aromatic heterocycles. The van der Waals surface area contributed by atoms with Gasteiger partial charge in [0.15, 0.2) is 0 Å². The topological polar surface area (TPSA) is 84.2 Å². The van der Waals surface area contributed by atoms with Gasteiger partial charge in [-0.1, -0.05) is 11.6 Å². The van der Waals surface area contributed by atoms with Gasteiger partial charge >= 0.3 is 0 Å². The van der Waals surface area contributed by atoms with Crippen molar-refractivity contribution in [2.24, 2.45) is 0 Å². The Hall–Kier alpha value is -2.74. The molecule has 2 atom stereocenters. The molecular formula is C24H27ClN2O5. The number of nitrogens with one attached hydrogen (secondary N) is 1. The molecule has 2 N–H and O–H groups in total. The van der Waals surface area contributed by atoms with Crippen LogP contribution in [0.15, 0.2) is 34.7 Å². The zero-order valence-electron chi connectivity index (χ0n) is 18.6. The average Bonchev–Trinajstić information content (AvgIpc) is 3.06. The minimum absolute atomic E-state index is 0.0915. The maximum Gasteiger partial charge on any atom is 0.259 e. The number of ether oxygens (including phenoxy) is 2. The lowest BCUT2D eigenvalue weighted by molar-refractivity contribution is -0.0705. The predicted octanol–water partition coefficient (Wildman–Crippen LogP) is 4.97. The van der Waals surface area contributed by atoms with Gasteiger partial charge in [-0.3, -0.25) is 9.69 Å². The first-order valence-electron chi connectivity index (χ1n) is 10.5. The van der Waals surface area contributed by atoms with E-state index in [0.717, 1.165) is 13.1 Å². The fourth-order valence-corrected chi connectivity index (χ4v) is 4.63. The first-order valence-corrected chi connectivity index (χ1v) is 10.9. The van der Waals surface area contributed by atoms with Crippen molar-refractivity contribution in [1.82, 2.24) is 4.90 Å². The number of amides is 1. The highest BCUT2D eigenvalue weighted by molar-refractivity contribution is 6.32. The standard InChI is InChI=1S/C24H27ClN2O5/c1-13-10-27(11-14(2)31-13)12-17-19(28)6-8-21-23(17)22(15(3)32-21)24(29)26-16-5-7-20(30-4)18(25)9-16/h5-9,13-14,28H,10-12H2,1-4H3,(H,26,29)/t13-,14-/m0/s1. The largest absolute Gasteiger partial charge is 0.508 e. The van der Waals surface area contributed by atoms with E-state index in [1.807, 2.05) is 13.8 Å². The number of nitrogens with zero attached hydrogens (tertiary/aromatic N) is 1. The summed E-state index contributed by atoms with van der Waals surface area (Å²) in [4.78, 5) is 15.5. The average molecular weight is 459 g/mol. The third-order valence-electron chi connectivity index (χ3n) is 5.63. The summed E-state index contributed by atoms with van der Waals surface area (Å²) in [7, 11) is 1.53. The highest BCUT2D eigenvalue weighted by Crippen LogP contribution is 2.36. The van der Waals surface area contributed by atoms with Crippen LogP contribution < -0.4 is 10.1 Å². The van der Waals surface area contributed by atoms with E-state index in [-0.39, 0.29) is 23.9 Å². The zero-order chi connectivity index (χ0) is 23.0. The smallest absolute Gasteiger partial charge is 0.259 e. The monoisotopic (exact) mass is 458 g/mol. The molecule has 170 valence electrons. The molecule has 0 spiro atoms. The summed E-state index contributed by atoms with van der Waals surface area (Å²) in [6.45, 7) is 7.77. The van der Waals surface area contributed by atoms with Crippen molar-refractivity contribution in [2.75, 3.05) is 25.5 Å². The normalized spacial score (nSPS) is 19.3. The second-order valence-electron chi connectivity index (χ2n) is 8.22. The number of aromatic hydroxyl groups is 1. The SMILES string of the molecule is COc1ccc(NC(=O)c2c(C)oc3ccc(O)c(CN4C[C@H](C)O[C@@H](C)C4)c23)cc1Cl. The number of fused-ring (bicyclic) bond motifs is 1. The summed E-state index contributed by atoms with van der Waals surface area (Å²) in [5.74, 6) is 0.799. The maximum absolute atomic E-state index is 13.3. The number of hydrogen-bond acceptors (Lipinski definition) is 6. The molecule has 1 saturated heterocycles. The molecular weight excluding hydrogens is 432 g/mol. The molecule has 0 bridgehead atoms. The summed E-state index contributed by atoms with van der Waals surface area (Å²) >= 11 is 6.20. The van der Waals surface area contributed by atoms with Gasteiger partial charge in [0.25, 0.3) is 5.91 Å². The molecule has 32 heavy (non-hydrogen) atoms. The summed E-state index contributed by atoms with van der Waals surface area (Å²) < 4.78 is 16.9. The third kappa shape index (κ3) is 4.41. The number of hydrogen-bond donors (Lipinski definition) is 2. The molecule has 0 aliphatic carbocycles. The number of phenolic OH excluding ortho intramolecular Hbond substituents is 1. The molecule has 0 saturated carbocycles. The van der Waals surface area contributed by atoms with Gasteiger partial charge in [0.05, 0.1) is 29.9 Å². The lowest BCUT2D eigenvalue weighted by Crippen LogP contribution is -2.44. The van der Waals surface area contributed by atoms with Crippen molar-refractivity contribution in [1.29, 1.82) is 0 Å². The van der Waals surface area contributed by atoms with Gasteiger partial charge in [-0.2, -0.15) is 0 Å². The van der Waals surface area contributed by atoms with Crippen molar-refractivity contribution in [3.05, 3.63) is 52.2 Å². The number of morpholine rings is 1. The van der Waals surface area contributed by atoms with E-state index in [1.165, 1.54) is 7.11 Å². The van der Waals surface area contributed by atoms with Gasteiger partial charge in [-0.05, 0) is 51.1 Å². The quantitative estimate of drug-likeness (QED) is 0.561. The van der Waals surface area contributed by atoms with Crippen molar-refractivity contribution in [3.8, 4) is 11.5 Å². The van der Waals surface area contributed by atoms with E-state index in [1.54, 1.807) is 37.3 Å². The number of aryl methyl sites for hydroxylation is 1. The van der Waals surface area contributed by atoms with Gasteiger partial charge < -0.3 is 24.3 Å². The Bertz CT molecular complexity index is 1150. The minimum Gasteiger partial charge on any atom is -0.508 e. The first kappa shape index (κ1) is 22.5. The van der Waals surface area contributed by atoms with Crippen molar-refractivity contribution in [2.45, 2.75) is 39.5 Å². The van der Waals surface area contributed by atoms with E-state index in [4.69, 9.17) is 25.5 Å². The molecule has 8 heteroatoms. The molecule has 1 fully saturated rings. The minimum atomic E-state index is -0.335. The lowest BCUT2D eigenvalue weighted by atomic mass is 10.0. The van der Waals surface area contributed by atoms with Crippen LogP contribution in [0.25, 0.3) is 11.0 Å². The van der Waals surface area contributed by atoms with Crippen LogP contribution in [0.4, 0.5) is 5.69 Å². The van der Waals surface area contributed by atoms with E-state index in [2.05, 4.69) is 10.2 Å². The zero-order valence-corrected chi connectivity index (χ0v) is 19.3. The highest BCUT2D eigenvalue weighted by atomic mass is 35.5. The Balaban J connectivity index is 1.70. The van der Waals surface area contributed by atoms with Gasteiger partial charge in [0.1, 0.15) is 22.8 Å². The Morgan fingerprint density at radius 1 is 1.25 bits per heavy atom. The Kier molecular flexibility index (Phi) is 6.33. The van der Waals surface area contributed by atoms with Gasteiger partial charge in [0, 0.05) is 36.3 Å². The predicted molar refractivity (Wildman–Crippen MR) is 124 cm³/mol. The second kappa shape index (κ2) is 9.02. The summed E-state index contributed by atoms with van der Waals surface area (Å²) in [5.41, 5.74) is 2.15. The van der Waals surface area contributed by atoms with Crippen molar-refractivity contribution >= 4 is 34.2 Å². The highest BCUT2D eigenvalue weighted by Gasteiger charge is 2.27. The van der Waals surface area contributed by atoms with E-state index in [0.29, 0.717) is 50.9 Å². The van der Waals surface area contributed by atoms with Gasteiger partial charge in [-0.15, -0.1) is 0 Å². The third-order valence-corrected chi connectivity index (χ3v) is 5.92. The Labute approximate surface area is 191 Å². The number of halogens is 1. The molecule has 7 nitrogen and oxygen atoms in total. The Morgan fingerprint density at radius 3 is 2.62 bits per heavy atom. The molecule has 1 amide bonds. The van der Waals surface area contributed by atoms with Gasteiger partial charge in [-0.25, -0.2) is 0 Å². The van der Waals surface area contributed by atoms with Crippen LogP contribution in [-0.2, 0) is 11.3 Å². The molecule has 4 rings (SSSR count). The van der Waals surface area contributed by atoms with E-state index >= 15 is 0 Å². The fraction of sp³-hybridized carbons (Fsp3) is 0.375. The molecule has 1 aliphatic rings. The van der Waals surface area contributed by atoms with Crippen LogP contribution in [0, 0.1) is 6.92 Å². The number of anilines is 1. The fourth-order valence-electron chi connectivity index (χ4n) is 4.37. The number of rotatable bonds is 5. The second-order valence-corrected chi connectivity index (χ2v) is 8.63. The molecule has 2 aromatic carbocycles. The van der Waals surface area contributed by atoms with E-state index < -0.39 is 0 Å². The summed E-state index contributed by atoms with van der Waals surface area (Å²) in [5, 5.41) is 14.6. The number of carbonyl (C=O) groups is 1.